The van der Waals surface area contributed by atoms with Crippen LogP contribution in [0.15, 0.2) is 20.4 Å². The smallest absolute Gasteiger partial charge is 0.211 e. The molecule has 0 rings (SSSR count). The summed E-state index contributed by atoms with van der Waals surface area (Å²) in [6.45, 7) is 0. The highest BCUT2D eigenvalue weighted by atomic mass is 35.5. The van der Waals surface area contributed by atoms with Crippen LogP contribution in [-0.4, -0.2) is 24.6 Å². The third kappa shape index (κ3) is 14.6. The molecule has 0 aliphatic carbocycles. The summed E-state index contributed by atoms with van der Waals surface area (Å²) < 4.78 is 0. The molecule has 0 aliphatic heterocycles. The van der Waals surface area contributed by atoms with E-state index in [4.69, 9.17) is 22.9 Å². The van der Waals surface area contributed by atoms with Crippen molar-refractivity contribution in [1.29, 1.82) is 0 Å². The SMILES string of the molecule is Cl.NC(N)=N/N=C/NN/C=N/N=C(N)N. The Bertz CT molecular complexity index is 231. The molecule has 0 saturated carbocycles. The molecule has 0 atom stereocenters. The molecule has 0 unspecified atom stereocenters. The van der Waals surface area contributed by atoms with E-state index in [9.17, 15) is 0 Å². The van der Waals surface area contributed by atoms with Crippen molar-refractivity contribution in [3.8, 4) is 0 Å². The average molecular weight is 237 g/mol. The van der Waals surface area contributed by atoms with Crippen LogP contribution >= 0.6 is 12.4 Å². The van der Waals surface area contributed by atoms with Crippen molar-refractivity contribution in [2.75, 3.05) is 0 Å². The van der Waals surface area contributed by atoms with Gasteiger partial charge in [0.1, 0.15) is 12.7 Å². The first-order valence-electron chi connectivity index (χ1n) is 3.35. The molecule has 0 spiro atoms. The second kappa shape index (κ2) is 9.85. The van der Waals surface area contributed by atoms with Gasteiger partial charge >= 0.3 is 0 Å². The van der Waals surface area contributed by atoms with Crippen molar-refractivity contribution >= 4 is 37.0 Å². The Morgan fingerprint density at radius 1 is 0.800 bits per heavy atom. The minimum atomic E-state index is -0.141. The Balaban J connectivity index is 0. The van der Waals surface area contributed by atoms with Gasteiger partial charge in [0.2, 0.25) is 11.9 Å². The molecule has 0 aromatic rings. The Labute approximate surface area is 91.9 Å². The molecular weight excluding hydrogens is 224 g/mol. The summed E-state index contributed by atoms with van der Waals surface area (Å²) in [7, 11) is 0. The second-order valence-corrected chi connectivity index (χ2v) is 1.83. The fourth-order valence-corrected chi connectivity index (χ4v) is 0.323. The highest BCUT2D eigenvalue weighted by Crippen LogP contribution is 1.63. The first kappa shape index (κ1) is 15.3. The summed E-state index contributed by atoms with van der Waals surface area (Å²) in [5, 5.41) is 13.4. The second-order valence-electron chi connectivity index (χ2n) is 1.83. The molecule has 0 bridgehead atoms. The van der Waals surface area contributed by atoms with Crippen LogP contribution in [0.3, 0.4) is 0 Å². The fraction of sp³-hybridized carbons (Fsp3) is 0. The van der Waals surface area contributed by atoms with Gasteiger partial charge in [0.15, 0.2) is 0 Å². The van der Waals surface area contributed by atoms with E-state index < -0.39 is 0 Å². The molecule has 0 amide bonds. The summed E-state index contributed by atoms with van der Waals surface area (Å²) in [6.07, 6.45) is 2.39. The largest absolute Gasteiger partial charge is 0.369 e. The number of nitrogens with one attached hydrogen (secondary N) is 2. The Hall–Kier alpha value is -2.23. The molecule has 0 radical (unpaired) electrons. The normalized spacial score (nSPS) is 9.33. The molecule has 0 aromatic carbocycles. The van der Waals surface area contributed by atoms with Gasteiger partial charge in [0, 0.05) is 0 Å². The van der Waals surface area contributed by atoms with Gasteiger partial charge < -0.3 is 22.9 Å². The lowest BCUT2D eigenvalue weighted by atomic mass is 11.1. The molecule has 10 nitrogen and oxygen atoms in total. The number of hydrazine groups is 1. The lowest BCUT2D eigenvalue weighted by Gasteiger charge is -1.93. The lowest BCUT2D eigenvalue weighted by Crippen LogP contribution is -2.29. The molecule has 11 heteroatoms. The highest BCUT2D eigenvalue weighted by Gasteiger charge is 1.74. The highest BCUT2D eigenvalue weighted by molar-refractivity contribution is 5.85. The third-order valence-electron chi connectivity index (χ3n) is 0.674. The molecule has 0 aliphatic rings. The first-order chi connectivity index (χ1) is 6.63. The number of hydrogen-bond donors (Lipinski definition) is 6. The zero-order valence-electron chi connectivity index (χ0n) is 7.66. The van der Waals surface area contributed by atoms with E-state index in [2.05, 4.69) is 31.3 Å². The summed E-state index contributed by atoms with van der Waals surface area (Å²) in [6, 6.07) is 0. The number of hydrogen-bond acceptors (Lipinski definition) is 4. The summed E-state index contributed by atoms with van der Waals surface area (Å²) in [4.78, 5) is 0. The Morgan fingerprint density at radius 2 is 1.13 bits per heavy atom. The molecule has 15 heavy (non-hydrogen) atoms. The van der Waals surface area contributed by atoms with Crippen molar-refractivity contribution < 1.29 is 0 Å². The molecule has 0 saturated heterocycles. The van der Waals surface area contributed by atoms with Gasteiger partial charge in [-0.2, -0.15) is 0 Å². The van der Waals surface area contributed by atoms with Gasteiger partial charge in [-0.05, 0) is 0 Å². The van der Waals surface area contributed by atoms with Crippen LogP contribution < -0.4 is 33.8 Å². The van der Waals surface area contributed by atoms with E-state index in [0.717, 1.165) is 0 Å². The van der Waals surface area contributed by atoms with Crippen molar-refractivity contribution in [3.63, 3.8) is 0 Å². The van der Waals surface area contributed by atoms with Gasteiger partial charge in [0.25, 0.3) is 0 Å². The van der Waals surface area contributed by atoms with Crippen molar-refractivity contribution in [2.45, 2.75) is 0 Å². The first-order valence-corrected chi connectivity index (χ1v) is 3.35. The quantitative estimate of drug-likeness (QED) is 0.128. The summed E-state index contributed by atoms with van der Waals surface area (Å²) >= 11 is 0. The molecule has 0 heterocycles. The van der Waals surface area contributed by atoms with Gasteiger partial charge in [-0.1, -0.05) is 0 Å². The van der Waals surface area contributed by atoms with E-state index in [1.807, 2.05) is 0 Å². The standard InChI is InChI=1S/C4H12N10.ClH/c5-3(6)13-11-1-9-10-2-12-14-4(7)8;/h1-2H,(H,9,11)(H,10,12)(H4,5,6,13)(H4,7,8,14);1H. The number of halogens is 1. The lowest BCUT2D eigenvalue weighted by molar-refractivity contribution is 0.888. The van der Waals surface area contributed by atoms with E-state index in [1.165, 1.54) is 12.7 Å². The average Bonchev–Trinajstić information content (AvgIpc) is 2.08. The maximum absolute atomic E-state index is 4.98. The van der Waals surface area contributed by atoms with E-state index in [0.29, 0.717) is 0 Å². The summed E-state index contributed by atoms with van der Waals surface area (Å²) in [5.74, 6) is -0.283. The maximum atomic E-state index is 4.98. The number of rotatable bonds is 5. The fourth-order valence-electron chi connectivity index (χ4n) is 0.323. The van der Waals surface area contributed by atoms with E-state index in [-0.39, 0.29) is 24.3 Å². The molecule has 10 N–H and O–H groups in total. The van der Waals surface area contributed by atoms with Crippen molar-refractivity contribution in [2.24, 2.45) is 43.3 Å². The zero-order valence-corrected chi connectivity index (χ0v) is 8.48. The van der Waals surface area contributed by atoms with Gasteiger partial charge in [-0.15, -0.1) is 32.8 Å². The van der Waals surface area contributed by atoms with Crippen LogP contribution in [0.1, 0.15) is 0 Å². The zero-order chi connectivity index (χ0) is 10.8. The van der Waals surface area contributed by atoms with E-state index in [1.54, 1.807) is 0 Å². The van der Waals surface area contributed by atoms with Crippen molar-refractivity contribution in [3.05, 3.63) is 0 Å². The van der Waals surface area contributed by atoms with Crippen LogP contribution in [0.25, 0.3) is 0 Å². The number of guanidine groups is 2. The van der Waals surface area contributed by atoms with Crippen LogP contribution in [-0.2, 0) is 0 Å². The number of nitrogens with two attached hydrogens (primary N) is 4. The van der Waals surface area contributed by atoms with Crippen molar-refractivity contribution in [1.82, 2.24) is 10.9 Å². The Kier molecular flexibility index (Phi) is 10.0. The monoisotopic (exact) mass is 236 g/mol. The maximum Gasteiger partial charge on any atom is 0.211 e. The predicted molar refractivity (Wildman–Crippen MR) is 62.1 cm³/mol. The van der Waals surface area contributed by atoms with Crippen LogP contribution in [0.2, 0.25) is 0 Å². The molecule has 86 valence electrons. The minimum Gasteiger partial charge on any atom is -0.369 e. The number of nitrogens with zero attached hydrogens (tertiary/aromatic N) is 4. The molecule has 0 fully saturated rings. The van der Waals surface area contributed by atoms with Crippen LogP contribution in [0.4, 0.5) is 0 Å². The summed E-state index contributed by atoms with van der Waals surface area (Å²) in [5.41, 5.74) is 24.8. The van der Waals surface area contributed by atoms with E-state index >= 15 is 0 Å². The van der Waals surface area contributed by atoms with Gasteiger partial charge in [-0.3, -0.25) is 10.9 Å². The molecule has 0 aromatic heterocycles. The topological polar surface area (TPSA) is 178 Å². The van der Waals surface area contributed by atoms with Crippen LogP contribution in [0.5, 0.6) is 0 Å². The third-order valence-corrected chi connectivity index (χ3v) is 0.674. The predicted octanol–water partition coefficient (Wildman–Crippen LogP) is -3.06. The minimum absolute atomic E-state index is 0. The van der Waals surface area contributed by atoms with Gasteiger partial charge in [0.05, 0.1) is 0 Å². The molecular formula is C4H13ClN10. The van der Waals surface area contributed by atoms with Crippen LogP contribution in [0, 0.1) is 0 Å². The Morgan fingerprint density at radius 3 is 1.40 bits per heavy atom. The van der Waals surface area contributed by atoms with Gasteiger partial charge in [-0.25, -0.2) is 0 Å².